The zero-order valence-electron chi connectivity index (χ0n) is 10.0. The Balaban J connectivity index is 2.64. The van der Waals surface area contributed by atoms with Crippen molar-refractivity contribution < 1.29 is 4.74 Å². The van der Waals surface area contributed by atoms with Gasteiger partial charge in [-0.2, -0.15) is 0 Å². The molecule has 1 rings (SSSR count). The molecule has 0 heterocycles. The van der Waals surface area contributed by atoms with Gasteiger partial charge in [0.1, 0.15) is 5.75 Å². The van der Waals surface area contributed by atoms with Gasteiger partial charge in [-0.15, -0.1) is 11.6 Å². The van der Waals surface area contributed by atoms with Crippen molar-refractivity contribution >= 4 is 23.2 Å². The number of alkyl halides is 1. The highest BCUT2D eigenvalue weighted by Gasteiger charge is 2.11. The van der Waals surface area contributed by atoms with Crippen LogP contribution in [-0.2, 0) is 5.88 Å². The molecule has 0 N–H and O–H groups in total. The molecular formula is C13H18Cl2O. The molecule has 0 aliphatic rings. The van der Waals surface area contributed by atoms with E-state index in [1.54, 1.807) is 0 Å². The van der Waals surface area contributed by atoms with E-state index in [1.807, 2.05) is 18.2 Å². The number of halogens is 2. The molecule has 0 fully saturated rings. The average molecular weight is 261 g/mol. The lowest BCUT2D eigenvalue weighted by atomic mass is 9.93. The first-order valence-electron chi connectivity index (χ1n) is 5.40. The van der Waals surface area contributed by atoms with Crippen LogP contribution in [0, 0.1) is 5.41 Å². The van der Waals surface area contributed by atoms with E-state index in [0.29, 0.717) is 17.5 Å². The average Bonchev–Trinajstić information content (AvgIpc) is 2.16. The maximum absolute atomic E-state index is 6.03. The van der Waals surface area contributed by atoms with Crippen LogP contribution in [0.3, 0.4) is 0 Å². The van der Waals surface area contributed by atoms with Gasteiger partial charge in [-0.1, -0.05) is 38.4 Å². The molecule has 1 nitrogen and oxygen atoms in total. The molecular weight excluding hydrogens is 243 g/mol. The van der Waals surface area contributed by atoms with Gasteiger partial charge in [-0.25, -0.2) is 0 Å². The molecule has 0 amide bonds. The molecule has 1 aromatic carbocycles. The van der Waals surface area contributed by atoms with E-state index in [1.165, 1.54) is 0 Å². The fourth-order valence-corrected chi connectivity index (χ4v) is 1.85. The summed E-state index contributed by atoms with van der Waals surface area (Å²) >= 11 is 11.9. The number of hydrogen-bond donors (Lipinski definition) is 0. The van der Waals surface area contributed by atoms with E-state index in [9.17, 15) is 0 Å². The van der Waals surface area contributed by atoms with Crippen molar-refractivity contribution in [3.8, 4) is 5.75 Å². The Morgan fingerprint density at radius 2 is 1.94 bits per heavy atom. The van der Waals surface area contributed by atoms with Gasteiger partial charge in [-0.05, 0) is 24.0 Å². The third-order valence-corrected chi connectivity index (χ3v) is 2.94. The van der Waals surface area contributed by atoms with Gasteiger partial charge in [0.25, 0.3) is 0 Å². The first-order chi connectivity index (χ1) is 7.44. The minimum atomic E-state index is 0.277. The van der Waals surface area contributed by atoms with Gasteiger partial charge in [0.15, 0.2) is 0 Å². The van der Waals surface area contributed by atoms with Crippen LogP contribution >= 0.6 is 23.2 Å². The van der Waals surface area contributed by atoms with Crippen LogP contribution in [0.25, 0.3) is 0 Å². The van der Waals surface area contributed by atoms with Gasteiger partial charge in [0.05, 0.1) is 12.5 Å². The Hall–Kier alpha value is -0.400. The first-order valence-corrected chi connectivity index (χ1v) is 6.31. The smallest absolute Gasteiger partial charge is 0.125 e. The SMILES string of the molecule is CC(C)(C)CCOc1cccc(Cl)c1CCl. The van der Waals surface area contributed by atoms with E-state index in [4.69, 9.17) is 27.9 Å². The maximum atomic E-state index is 6.03. The van der Waals surface area contributed by atoms with E-state index < -0.39 is 0 Å². The van der Waals surface area contributed by atoms with Gasteiger partial charge in [0.2, 0.25) is 0 Å². The largest absolute Gasteiger partial charge is 0.493 e. The van der Waals surface area contributed by atoms with Crippen LogP contribution in [0.5, 0.6) is 5.75 Å². The second-order valence-corrected chi connectivity index (χ2v) is 5.68. The molecule has 0 unspecified atom stereocenters. The third kappa shape index (κ3) is 4.23. The fraction of sp³-hybridized carbons (Fsp3) is 0.538. The lowest BCUT2D eigenvalue weighted by molar-refractivity contribution is 0.242. The summed E-state index contributed by atoms with van der Waals surface area (Å²) in [5.74, 6) is 1.18. The molecule has 16 heavy (non-hydrogen) atoms. The lowest BCUT2D eigenvalue weighted by Crippen LogP contribution is -2.11. The van der Waals surface area contributed by atoms with Gasteiger partial charge >= 0.3 is 0 Å². The summed E-state index contributed by atoms with van der Waals surface area (Å²) in [4.78, 5) is 0. The highest BCUT2D eigenvalue weighted by Crippen LogP contribution is 2.28. The Morgan fingerprint density at radius 1 is 1.25 bits per heavy atom. The molecule has 0 bridgehead atoms. The predicted molar refractivity (Wildman–Crippen MR) is 70.6 cm³/mol. The zero-order valence-corrected chi connectivity index (χ0v) is 11.5. The molecule has 0 aliphatic heterocycles. The highest BCUT2D eigenvalue weighted by atomic mass is 35.5. The molecule has 0 atom stereocenters. The Kier molecular flexibility index (Phi) is 4.94. The van der Waals surface area contributed by atoms with Crippen molar-refractivity contribution in [3.05, 3.63) is 28.8 Å². The Labute approximate surface area is 108 Å². The summed E-state index contributed by atoms with van der Waals surface area (Å²) in [5, 5.41) is 0.670. The quantitative estimate of drug-likeness (QED) is 0.701. The lowest BCUT2D eigenvalue weighted by Gasteiger charge is -2.19. The standard InChI is InChI=1S/C13H18Cl2O/c1-13(2,3)7-8-16-12-6-4-5-11(15)10(12)9-14/h4-6H,7-9H2,1-3H3. The van der Waals surface area contributed by atoms with Gasteiger partial charge < -0.3 is 4.74 Å². The number of ether oxygens (including phenoxy) is 1. The summed E-state index contributed by atoms with van der Waals surface area (Å²) in [7, 11) is 0. The second kappa shape index (κ2) is 5.79. The van der Waals surface area contributed by atoms with Gasteiger partial charge in [-0.3, -0.25) is 0 Å². The molecule has 0 spiro atoms. The highest BCUT2D eigenvalue weighted by molar-refractivity contribution is 6.32. The molecule has 0 saturated carbocycles. The summed E-state index contributed by atoms with van der Waals surface area (Å²) in [6, 6.07) is 5.62. The van der Waals surface area contributed by atoms with Crippen LogP contribution in [0.4, 0.5) is 0 Å². The van der Waals surface area contributed by atoms with Crippen LogP contribution in [-0.4, -0.2) is 6.61 Å². The maximum Gasteiger partial charge on any atom is 0.125 e. The monoisotopic (exact) mass is 260 g/mol. The van der Waals surface area contributed by atoms with Crippen molar-refractivity contribution in [1.82, 2.24) is 0 Å². The number of benzene rings is 1. The van der Waals surface area contributed by atoms with E-state index in [2.05, 4.69) is 20.8 Å². The number of hydrogen-bond acceptors (Lipinski definition) is 1. The topological polar surface area (TPSA) is 9.23 Å². The van der Waals surface area contributed by atoms with Crippen molar-refractivity contribution in [3.63, 3.8) is 0 Å². The molecule has 0 aliphatic carbocycles. The van der Waals surface area contributed by atoms with Crippen LogP contribution in [0.15, 0.2) is 18.2 Å². The molecule has 1 aromatic rings. The molecule has 0 aromatic heterocycles. The molecule has 90 valence electrons. The Bertz CT molecular complexity index is 342. The summed E-state index contributed by atoms with van der Waals surface area (Å²) in [6.07, 6.45) is 1.00. The predicted octanol–water partition coefficient (Wildman–Crippen LogP) is 4.89. The number of rotatable bonds is 4. The van der Waals surface area contributed by atoms with E-state index in [-0.39, 0.29) is 5.41 Å². The van der Waals surface area contributed by atoms with Gasteiger partial charge in [0, 0.05) is 10.6 Å². The van der Waals surface area contributed by atoms with Crippen LogP contribution in [0.1, 0.15) is 32.8 Å². The Morgan fingerprint density at radius 3 is 2.50 bits per heavy atom. The van der Waals surface area contributed by atoms with Crippen LogP contribution in [0.2, 0.25) is 5.02 Å². The zero-order chi connectivity index (χ0) is 12.2. The van der Waals surface area contributed by atoms with Crippen molar-refractivity contribution in [2.24, 2.45) is 5.41 Å². The van der Waals surface area contributed by atoms with E-state index >= 15 is 0 Å². The van der Waals surface area contributed by atoms with Crippen molar-refractivity contribution in [1.29, 1.82) is 0 Å². The summed E-state index contributed by atoms with van der Waals surface area (Å²) < 4.78 is 5.72. The molecule has 0 radical (unpaired) electrons. The molecule has 3 heteroatoms. The normalized spacial score (nSPS) is 11.6. The van der Waals surface area contributed by atoms with E-state index in [0.717, 1.165) is 17.7 Å². The van der Waals surface area contributed by atoms with Crippen molar-refractivity contribution in [2.75, 3.05) is 6.61 Å². The fourth-order valence-electron chi connectivity index (χ4n) is 1.27. The third-order valence-electron chi connectivity index (χ3n) is 2.32. The molecule has 0 saturated heterocycles. The second-order valence-electron chi connectivity index (χ2n) is 5.01. The summed E-state index contributed by atoms with van der Waals surface area (Å²) in [6.45, 7) is 7.26. The van der Waals surface area contributed by atoms with Crippen molar-refractivity contribution in [2.45, 2.75) is 33.1 Å². The minimum absolute atomic E-state index is 0.277. The van der Waals surface area contributed by atoms with Crippen LogP contribution < -0.4 is 4.74 Å². The summed E-state index contributed by atoms with van der Waals surface area (Å²) in [5.41, 5.74) is 1.15. The minimum Gasteiger partial charge on any atom is -0.493 e. The first kappa shape index (κ1) is 13.7.